The topological polar surface area (TPSA) is 63.6 Å². The van der Waals surface area contributed by atoms with Gasteiger partial charge in [-0.2, -0.15) is 0 Å². The number of aliphatic carboxylic acids is 1. The van der Waals surface area contributed by atoms with Crippen LogP contribution in [0.1, 0.15) is 106 Å². The summed E-state index contributed by atoms with van der Waals surface area (Å²) in [4.78, 5) is 21.7. The van der Waals surface area contributed by atoms with E-state index in [9.17, 15) is 9.59 Å². The normalized spacial score (nSPS) is 13.9. The zero-order valence-corrected chi connectivity index (χ0v) is 18.2. The van der Waals surface area contributed by atoms with Crippen LogP contribution in [0, 0.1) is 17.8 Å². The smallest absolute Gasteiger partial charge is 0.306 e. The van der Waals surface area contributed by atoms with Gasteiger partial charge < -0.3 is 9.84 Å². The molecule has 3 unspecified atom stereocenters. The van der Waals surface area contributed by atoms with Crippen molar-refractivity contribution in [1.29, 1.82) is 0 Å². The second-order valence-corrected chi connectivity index (χ2v) is 7.52. The molecule has 1 N–H and O–H groups in total. The van der Waals surface area contributed by atoms with Crippen LogP contribution < -0.4 is 0 Å². The first-order valence-electron chi connectivity index (χ1n) is 10.7. The number of carbonyl (C=O) groups is 2. The molecule has 4 nitrogen and oxygen atoms in total. The van der Waals surface area contributed by atoms with E-state index < -0.39 is 5.97 Å². The fraction of sp³-hybridized carbons (Fsp3) is 0.909. The van der Waals surface area contributed by atoms with Crippen molar-refractivity contribution in [2.45, 2.75) is 106 Å². The lowest BCUT2D eigenvalue weighted by atomic mass is 9.90. The van der Waals surface area contributed by atoms with Gasteiger partial charge in [0.05, 0.1) is 12.5 Å². The quantitative estimate of drug-likeness (QED) is 0.355. The van der Waals surface area contributed by atoms with Gasteiger partial charge in [-0.1, -0.05) is 73.1 Å². The molecule has 26 heavy (non-hydrogen) atoms. The third kappa shape index (κ3) is 17.8. The molecule has 0 bridgehead atoms. The lowest BCUT2D eigenvalue weighted by Crippen LogP contribution is -2.15. The largest absolute Gasteiger partial charge is 0.481 e. The summed E-state index contributed by atoms with van der Waals surface area (Å²) in [6.07, 6.45) is 10.5. The molecule has 4 heteroatoms. The van der Waals surface area contributed by atoms with E-state index in [4.69, 9.17) is 9.84 Å². The van der Waals surface area contributed by atoms with Crippen LogP contribution >= 0.6 is 0 Å². The van der Waals surface area contributed by atoms with E-state index in [2.05, 4.69) is 27.7 Å². The van der Waals surface area contributed by atoms with E-state index in [0.29, 0.717) is 24.9 Å². The number of unbranched alkanes of at least 4 members (excludes halogenated alkanes) is 2. The molecule has 0 aromatic rings. The number of rotatable bonds is 14. The van der Waals surface area contributed by atoms with Crippen molar-refractivity contribution in [1.82, 2.24) is 0 Å². The highest BCUT2D eigenvalue weighted by atomic mass is 16.5. The average molecular weight is 373 g/mol. The molecule has 0 spiro atoms. The Labute approximate surface area is 162 Å². The van der Waals surface area contributed by atoms with Gasteiger partial charge in [-0.15, -0.1) is 0 Å². The lowest BCUT2D eigenvalue weighted by Gasteiger charge is -2.15. The summed E-state index contributed by atoms with van der Waals surface area (Å²) in [5.74, 6) is 0.397. The van der Waals surface area contributed by atoms with Crippen molar-refractivity contribution < 1.29 is 19.4 Å². The summed E-state index contributed by atoms with van der Waals surface area (Å²) >= 11 is 0. The van der Waals surface area contributed by atoms with Crippen LogP contribution in [0.2, 0.25) is 0 Å². The molecule has 3 atom stereocenters. The van der Waals surface area contributed by atoms with Crippen molar-refractivity contribution in [3.63, 3.8) is 0 Å². The Kier molecular flexibility index (Phi) is 19.6. The zero-order chi connectivity index (χ0) is 20.4. The van der Waals surface area contributed by atoms with Gasteiger partial charge in [-0.3, -0.25) is 9.59 Å². The second kappa shape index (κ2) is 18.7. The number of carbonyl (C=O) groups excluding carboxylic acids is 1. The maximum absolute atomic E-state index is 11.0. The molecule has 0 aromatic heterocycles. The number of ether oxygens (including phenoxy) is 1. The highest BCUT2D eigenvalue weighted by Crippen LogP contribution is 2.20. The fourth-order valence-corrected chi connectivity index (χ4v) is 2.89. The SMILES string of the molecule is CCCCC(C)CC(CC)C(=O)O.CCCCC(C)CCC(=O)OCC. The number of hydrogen-bond acceptors (Lipinski definition) is 3. The number of carboxylic acid groups (broad SMARTS) is 1. The summed E-state index contributed by atoms with van der Waals surface area (Å²) in [6, 6.07) is 0. The molecule has 0 heterocycles. The van der Waals surface area contributed by atoms with Crippen molar-refractivity contribution >= 4 is 11.9 Å². The Bertz CT molecular complexity index is 339. The molecule has 0 rings (SSSR count). The van der Waals surface area contributed by atoms with E-state index in [1.165, 1.54) is 38.5 Å². The summed E-state index contributed by atoms with van der Waals surface area (Å²) < 4.78 is 4.86. The maximum Gasteiger partial charge on any atom is 0.306 e. The zero-order valence-electron chi connectivity index (χ0n) is 18.2. The first-order chi connectivity index (χ1) is 12.3. The molecule has 0 saturated carbocycles. The van der Waals surface area contributed by atoms with Gasteiger partial charge in [0.15, 0.2) is 0 Å². The molecular formula is C22H44O4. The minimum Gasteiger partial charge on any atom is -0.481 e. The van der Waals surface area contributed by atoms with Crippen LogP contribution in [-0.4, -0.2) is 23.7 Å². The van der Waals surface area contributed by atoms with E-state index in [1.807, 2.05) is 13.8 Å². The van der Waals surface area contributed by atoms with Crippen LogP contribution in [0.3, 0.4) is 0 Å². The maximum atomic E-state index is 11.0. The molecule has 0 radical (unpaired) electrons. The van der Waals surface area contributed by atoms with E-state index >= 15 is 0 Å². The van der Waals surface area contributed by atoms with Gasteiger partial charge in [0.1, 0.15) is 0 Å². The molecule has 0 fully saturated rings. The van der Waals surface area contributed by atoms with Gasteiger partial charge in [0.25, 0.3) is 0 Å². The predicted molar refractivity (Wildman–Crippen MR) is 109 cm³/mol. The Balaban J connectivity index is 0. The molecule has 0 aliphatic rings. The number of carboxylic acids is 1. The fourth-order valence-electron chi connectivity index (χ4n) is 2.89. The predicted octanol–water partition coefficient (Wildman–Crippen LogP) is 6.47. The second-order valence-electron chi connectivity index (χ2n) is 7.52. The lowest BCUT2D eigenvalue weighted by molar-refractivity contribution is -0.144. The van der Waals surface area contributed by atoms with Crippen molar-refractivity contribution in [2.75, 3.05) is 6.61 Å². The summed E-state index contributed by atoms with van der Waals surface area (Å²) in [7, 11) is 0. The molecular weight excluding hydrogens is 328 g/mol. The standard InChI is InChI=1S/2C11H22O2/c1-4-6-7-10(3)8-9-11(12)13-5-2;1-4-6-7-9(3)8-10(5-2)11(12)13/h10H,4-9H2,1-3H3;9-10H,4-8H2,1-3H3,(H,12,13). The summed E-state index contributed by atoms with van der Waals surface area (Å²) in [5.41, 5.74) is 0. The van der Waals surface area contributed by atoms with Crippen LogP contribution in [0.4, 0.5) is 0 Å². The van der Waals surface area contributed by atoms with Gasteiger partial charge in [0.2, 0.25) is 0 Å². The first kappa shape index (κ1) is 27.2. The van der Waals surface area contributed by atoms with Crippen LogP contribution in [0.25, 0.3) is 0 Å². The highest BCUT2D eigenvalue weighted by Gasteiger charge is 2.17. The van der Waals surface area contributed by atoms with Crippen molar-refractivity contribution in [3.8, 4) is 0 Å². The van der Waals surface area contributed by atoms with Crippen molar-refractivity contribution in [3.05, 3.63) is 0 Å². The van der Waals surface area contributed by atoms with Crippen LogP contribution in [0.5, 0.6) is 0 Å². The molecule has 0 saturated heterocycles. The Morgan fingerprint density at radius 2 is 1.42 bits per heavy atom. The minimum absolute atomic E-state index is 0.0501. The molecule has 0 aromatic carbocycles. The minimum atomic E-state index is -0.633. The van der Waals surface area contributed by atoms with Crippen LogP contribution in [0.15, 0.2) is 0 Å². The van der Waals surface area contributed by atoms with Crippen molar-refractivity contribution in [2.24, 2.45) is 17.8 Å². The average Bonchev–Trinajstić information content (AvgIpc) is 2.61. The van der Waals surface area contributed by atoms with Crippen LogP contribution in [-0.2, 0) is 14.3 Å². The molecule has 0 aliphatic carbocycles. The Morgan fingerprint density at radius 3 is 1.85 bits per heavy atom. The van der Waals surface area contributed by atoms with Gasteiger partial charge in [-0.25, -0.2) is 0 Å². The summed E-state index contributed by atoms with van der Waals surface area (Å²) in [6.45, 7) is 13.0. The number of esters is 1. The molecule has 0 amide bonds. The van der Waals surface area contributed by atoms with E-state index in [0.717, 1.165) is 19.3 Å². The van der Waals surface area contributed by atoms with Gasteiger partial charge in [-0.05, 0) is 38.0 Å². The molecule has 156 valence electrons. The molecule has 0 aliphatic heterocycles. The monoisotopic (exact) mass is 372 g/mol. The van der Waals surface area contributed by atoms with Gasteiger partial charge >= 0.3 is 11.9 Å². The third-order valence-electron chi connectivity index (χ3n) is 4.78. The van der Waals surface area contributed by atoms with E-state index in [-0.39, 0.29) is 11.9 Å². The first-order valence-corrected chi connectivity index (χ1v) is 10.7. The number of hydrogen-bond donors (Lipinski definition) is 1. The Morgan fingerprint density at radius 1 is 0.885 bits per heavy atom. The van der Waals surface area contributed by atoms with E-state index in [1.54, 1.807) is 0 Å². The van der Waals surface area contributed by atoms with Gasteiger partial charge in [0, 0.05) is 6.42 Å². The highest BCUT2D eigenvalue weighted by molar-refractivity contribution is 5.69. The summed E-state index contributed by atoms with van der Waals surface area (Å²) in [5, 5.41) is 8.85. The third-order valence-corrected chi connectivity index (χ3v) is 4.78. The Hall–Kier alpha value is -1.06.